The van der Waals surface area contributed by atoms with Crippen LogP contribution >= 0.6 is 0 Å². The number of likely N-dealkylation sites (tertiary alicyclic amines) is 1. The Bertz CT molecular complexity index is 681. The molecule has 3 rings (SSSR count). The van der Waals surface area contributed by atoms with E-state index in [9.17, 15) is 4.79 Å². The first-order valence-corrected chi connectivity index (χ1v) is 9.21. The molecule has 0 atom stereocenters. The van der Waals surface area contributed by atoms with E-state index in [2.05, 4.69) is 39.5 Å². The fourth-order valence-corrected chi connectivity index (χ4v) is 3.29. The van der Waals surface area contributed by atoms with E-state index >= 15 is 0 Å². The smallest absolute Gasteiger partial charge is 0.358 e. The molecule has 1 aromatic carbocycles. The Balaban J connectivity index is 1.27. The molecule has 0 bridgehead atoms. The van der Waals surface area contributed by atoms with Crippen molar-refractivity contribution in [2.45, 2.75) is 31.7 Å². The second-order valence-corrected chi connectivity index (χ2v) is 6.66. The fraction of sp³-hybridized carbons (Fsp3) is 0.526. The molecule has 1 aliphatic heterocycles. The normalized spacial score (nSPS) is 16.0. The number of rotatable bonds is 9. The molecule has 0 amide bonds. The highest BCUT2D eigenvalue weighted by Crippen LogP contribution is 2.21. The number of ether oxygens (including phenoxy) is 1. The van der Waals surface area contributed by atoms with E-state index in [0.717, 1.165) is 58.5 Å². The minimum absolute atomic E-state index is 0.0140. The van der Waals surface area contributed by atoms with Crippen molar-refractivity contribution in [2.24, 2.45) is 0 Å². The largest absolute Gasteiger partial charge is 0.476 e. The van der Waals surface area contributed by atoms with Crippen molar-refractivity contribution in [1.29, 1.82) is 0 Å². The van der Waals surface area contributed by atoms with Crippen LogP contribution in [0.5, 0.6) is 0 Å². The summed E-state index contributed by atoms with van der Waals surface area (Å²) in [6, 6.07) is 10.6. The van der Waals surface area contributed by atoms with Gasteiger partial charge in [-0.1, -0.05) is 35.5 Å². The zero-order valence-corrected chi connectivity index (χ0v) is 15.0. The van der Waals surface area contributed by atoms with E-state index in [0.29, 0.717) is 0 Å². The lowest BCUT2D eigenvalue weighted by Crippen LogP contribution is -2.35. The highest BCUT2D eigenvalue weighted by atomic mass is 16.5. The van der Waals surface area contributed by atoms with Gasteiger partial charge in [-0.25, -0.2) is 9.48 Å². The molecule has 7 heteroatoms. The number of carbonyl (C=O) groups is 1. The monoisotopic (exact) mass is 358 g/mol. The first kappa shape index (κ1) is 18.5. The minimum Gasteiger partial charge on any atom is -0.476 e. The van der Waals surface area contributed by atoms with E-state index in [1.54, 1.807) is 4.68 Å². The SMILES string of the molecule is O=C(O)c1cn(C2CCN(CCCOCCc3ccccc3)CC2)nn1. The maximum Gasteiger partial charge on any atom is 0.358 e. The number of aromatic nitrogens is 3. The van der Waals surface area contributed by atoms with E-state index in [-0.39, 0.29) is 11.7 Å². The molecular formula is C19H26N4O3. The molecule has 1 fully saturated rings. The molecule has 26 heavy (non-hydrogen) atoms. The topological polar surface area (TPSA) is 80.5 Å². The van der Waals surface area contributed by atoms with Gasteiger partial charge in [0.15, 0.2) is 5.69 Å². The minimum atomic E-state index is -1.03. The first-order chi connectivity index (χ1) is 12.7. The van der Waals surface area contributed by atoms with Crippen LogP contribution in [0.15, 0.2) is 36.5 Å². The zero-order valence-electron chi connectivity index (χ0n) is 15.0. The van der Waals surface area contributed by atoms with Crippen molar-refractivity contribution in [3.8, 4) is 0 Å². The highest BCUT2D eigenvalue weighted by molar-refractivity contribution is 5.84. The second kappa shape index (κ2) is 9.45. The van der Waals surface area contributed by atoms with Crippen LogP contribution < -0.4 is 0 Å². The van der Waals surface area contributed by atoms with Crippen LogP contribution in [-0.4, -0.2) is 63.8 Å². The van der Waals surface area contributed by atoms with Crippen LogP contribution in [0.1, 0.15) is 41.4 Å². The summed E-state index contributed by atoms with van der Waals surface area (Å²) < 4.78 is 7.44. The maximum absolute atomic E-state index is 10.9. The van der Waals surface area contributed by atoms with Crippen LogP contribution in [0.2, 0.25) is 0 Å². The summed E-state index contributed by atoms with van der Waals surface area (Å²) in [6.45, 7) is 4.59. The Morgan fingerprint density at radius 1 is 1.19 bits per heavy atom. The highest BCUT2D eigenvalue weighted by Gasteiger charge is 2.22. The first-order valence-electron chi connectivity index (χ1n) is 9.21. The third-order valence-electron chi connectivity index (χ3n) is 4.80. The molecule has 140 valence electrons. The molecular weight excluding hydrogens is 332 g/mol. The molecule has 2 heterocycles. The van der Waals surface area contributed by atoms with Gasteiger partial charge >= 0.3 is 5.97 Å². The summed E-state index contributed by atoms with van der Waals surface area (Å²) in [5, 5.41) is 16.6. The summed E-state index contributed by atoms with van der Waals surface area (Å²) >= 11 is 0. The Kier molecular flexibility index (Phi) is 6.74. The van der Waals surface area contributed by atoms with E-state index in [1.165, 1.54) is 11.8 Å². The third kappa shape index (κ3) is 5.37. The zero-order chi connectivity index (χ0) is 18.2. The summed E-state index contributed by atoms with van der Waals surface area (Å²) in [4.78, 5) is 13.3. The lowest BCUT2D eigenvalue weighted by atomic mass is 10.1. The number of benzene rings is 1. The van der Waals surface area contributed by atoms with Gasteiger partial charge in [-0.05, 0) is 31.2 Å². The van der Waals surface area contributed by atoms with Gasteiger partial charge in [0, 0.05) is 26.2 Å². The third-order valence-corrected chi connectivity index (χ3v) is 4.80. The number of carboxylic acids is 1. The number of hydrogen-bond acceptors (Lipinski definition) is 5. The van der Waals surface area contributed by atoms with Crippen LogP contribution in [-0.2, 0) is 11.2 Å². The van der Waals surface area contributed by atoms with Gasteiger partial charge in [0.25, 0.3) is 0 Å². The van der Waals surface area contributed by atoms with Crippen LogP contribution in [0.4, 0.5) is 0 Å². The Morgan fingerprint density at radius 3 is 2.65 bits per heavy atom. The molecule has 2 aromatic rings. The van der Waals surface area contributed by atoms with Crippen molar-refractivity contribution in [2.75, 3.05) is 32.8 Å². The number of aromatic carboxylic acids is 1. The molecule has 1 aromatic heterocycles. The van der Waals surface area contributed by atoms with Crippen molar-refractivity contribution in [1.82, 2.24) is 19.9 Å². The molecule has 0 unspecified atom stereocenters. The molecule has 0 saturated carbocycles. The quantitative estimate of drug-likeness (QED) is 0.693. The van der Waals surface area contributed by atoms with E-state index < -0.39 is 5.97 Å². The summed E-state index contributed by atoms with van der Waals surface area (Å²) in [7, 11) is 0. The van der Waals surface area contributed by atoms with Gasteiger partial charge < -0.3 is 14.7 Å². The lowest BCUT2D eigenvalue weighted by molar-refractivity contribution is 0.0690. The fourth-order valence-electron chi connectivity index (χ4n) is 3.29. The number of carboxylic acid groups (broad SMARTS) is 1. The molecule has 1 N–H and O–H groups in total. The van der Waals surface area contributed by atoms with Gasteiger partial charge in [-0.15, -0.1) is 5.10 Å². The Morgan fingerprint density at radius 2 is 1.96 bits per heavy atom. The standard InChI is InChI=1S/C19H26N4O3/c24-19(25)18-15-23(21-20-18)17-7-11-22(12-8-17)10-4-13-26-14-9-16-5-2-1-3-6-16/h1-3,5-6,15,17H,4,7-14H2,(H,24,25). The van der Waals surface area contributed by atoms with E-state index in [4.69, 9.17) is 9.84 Å². The predicted octanol–water partition coefficient (Wildman–Crippen LogP) is 2.26. The Labute approximate surface area is 153 Å². The van der Waals surface area contributed by atoms with Crippen LogP contribution in [0.3, 0.4) is 0 Å². The summed E-state index contributed by atoms with van der Waals surface area (Å²) in [6.07, 6.45) is 5.46. The average molecular weight is 358 g/mol. The van der Waals surface area contributed by atoms with Gasteiger partial charge in [-0.3, -0.25) is 0 Å². The second-order valence-electron chi connectivity index (χ2n) is 6.66. The average Bonchev–Trinajstić information content (AvgIpc) is 3.16. The van der Waals surface area contributed by atoms with Gasteiger partial charge in [0.1, 0.15) is 0 Å². The predicted molar refractivity (Wildman–Crippen MR) is 97.3 cm³/mol. The molecule has 7 nitrogen and oxygen atoms in total. The number of hydrogen-bond donors (Lipinski definition) is 1. The van der Waals surface area contributed by atoms with Gasteiger partial charge in [0.05, 0.1) is 18.8 Å². The molecule has 1 aliphatic rings. The number of piperidine rings is 1. The summed E-state index contributed by atoms with van der Waals surface area (Å²) in [5.74, 6) is -1.03. The molecule has 0 radical (unpaired) electrons. The van der Waals surface area contributed by atoms with E-state index in [1.807, 2.05) is 6.07 Å². The Hall–Kier alpha value is -2.25. The van der Waals surface area contributed by atoms with Gasteiger partial charge in [-0.2, -0.15) is 0 Å². The molecule has 1 saturated heterocycles. The van der Waals surface area contributed by atoms with Crippen molar-refractivity contribution < 1.29 is 14.6 Å². The maximum atomic E-state index is 10.9. The molecule has 0 spiro atoms. The van der Waals surface area contributed by atoms with Gasteiger partial charge in [0.2, 0.25) is 0 Å². The van der Waals surface area contributed by atoms with Crippen LogP contribution in [0, 0.1) is 0 Å². The van der Waals surface area contributed by atoms with Crippen molar-refractivity contribution in [3.05, 3.63) is 47.8 Å². The number of nitrogens with zero attached hydrogens (tertiary/aromatic N) is 4. The van der Waals surface area contributed by atoms with Crippen molar-refractivity contribution in [3.63, 3.8) is 0 Å². The summed E-state index contributed by atoms with van der Waals surface area (Å²) in [5.41, 5.74) is 1.33. The lowest BCUT2D eigenvalue weighted by Gasteiger charge is -2.31. The molecule has 0 aliphatic carbocycles. The van der Waals surface area contributed by atoms with Crippen LogP contribution in [0.25, 0.3) is 0 Å². The van der Waals surface area contributed by atoms with Crippen molar-refractivity contribution >= 4 is 5.97 Å².